The molecule has 2 N–H and O–H groups in total. The predicted octanol–water partition coefficient (Wildman–Crippen LogP) is 1.45. The van der Waals surface area contributed by atoms with Gasteiger partial charge in [-0.1, -0.05) is 11.8 Å². The van der Waals surface area contributed by atoms with Crippen LogP contribution in [-0.2, 0) is 4.79 Å². The number of carbonyl (C=O) groups excluding carboxylic acids is 1. The Kier molecular flexibility index (Phi) is 2.46. The van der Waals surface area contributed by atoms with Crippen molar-refractivity contribution in [2.24, 2.45) is 11.7 Å². The van der Waals surface area contributed by atoms with E-state index >= 15 is 0 Å². The van der Waals surface area contributed by atoms with Gasteiger partial charge in [-0.3, -0.25) is 4.79 Å². The van der Waals surface area contributed by atoms with Gasteiger partial charge in [-0.2, -0.15) is 4.39 Å². The number of halogens is 1. The second-order valence-corrected chi connectivity index (χ2v) is 2.76. The van der Waals surface area contributed by atoms with Crippen molar-refractivity contribution in [3.63, 3.8) is 0 Å². The van der Waals surface area contributed by atoms with Gasteiger partial charge in [0.1, 0.15) is 0 Å². The van der Waals surface area contributed by atoms with Crippen LogP contribution < -0.4 is 5.73 Å². The second-order valence-electron chi connectivity index (χ2n) is 2.76. The zero-order valence-corrected chi connectivity index (χ0v) is 6.80. The molecule has 0 radical (unpaired) electrons. The molecule has 0 bridgehead atoms. The first-order valence-electron chi connectivity index (χ1n) is 3.70. The van der Waals surface area contributed by atoms with Crippen molar-refractivity contribution in [2.45, 2.75) is 13.3 Å². The summed E-state index contributed by atoms with van der Waals surface area (Å²) in [7, 11) is 0. The van der Waals surface area contributed by atoms with Crippen LogP contribution >= 0.6 is 0 Å². The van der Waals surface area contributed by atoms with Crippen molar-refractivity contribution < 1.29 is 9.18 Å². The van der Waals surface area contributed by atoms with Gasteiger partial charge in [-0.25, -0.2) is 0 Å². The maximum absolute atomic E-state index is 12.8. The first-order chi connectivity index (χ1) is 5.61. The van der Waals surface area contributed by atoms with Gasteiger partial charge >= 0.3 is 0 Å². The average Bonchev–Trinajstić information content (AvgIpc) is 2.15. The van der Waals surface area contributed by atoms with Gasteiger partial charge in [0, 0.05) is 0 Å². The highest BCUT2D eigenvalue weighted by Gasteiger charge is 2.13. The first kappa shape index (κ1) is 8.75. The van der Waals surface area contributed by atoms with Crippen LogP contribution in [0.25, 0.3) is 0 Å². The Labute approximate surface area is 70.3 Å². The lowest BCUT2D eigenvalue weighted by atomic mass is 10.0. The zero-order valence-electron chi connectivity index (χ0n) is 6.80. The smallest absolute Gasteiger partial charge is 0.224 e. The van der Waals surface area contributed by atoms with E-state index in [1.165, 1.54) is 12.2 Å². The summed E-state index contributed by atoms with van der Waals surface area (Å²) in [6.45, 7) is 1.59. The lowest BCUT2D eigenvalue weighted by molar-refractivity contribution is -0.120. The van der Waals surface area contributed by atoms with Gasteiger partial charge < -0.3 is 5.73 Å². The highest BCUT2D eigenvalue weighted by Crippen LogP contribution is 2.18. The van der Waals surface area contributed by atoms with Gasteiger partial charge in [-0.15, -0.1) is 0 Å². The largest absolute Gasteiger partial charge is 0.369 e. The molecule has 1 rings (SSSR count). The van der Waals surface area contributed by atoms with Gasteiger partial charge in [-0.05, 0) is 25.0 Å². The van der Waals surface area contributed by atoms with Crippen LogP contribution in [0.5, 0.6) is 0 Å². The number of amides is 1. The van der Waals surface area contributed by atoms with E-state index in [0.29, 0.717) is 12.0 Å². The lowest BCUT2D eigenvalue weighted by Crippen LogP contribution is -2.21. The van der Waals surface area contributed by atoms with Crippen molar-refractivity contribution >= 4 is 5.91 Å². The van der Waals surface area contributed by atoms with E-state index in [2.05, 4.69) is 5.73 Å². The molecule has 1 unspecified atom stereocenters. The van der Waals surface area contributed by atoms with Crippen molar-refractivity contribution in [3.8, 4) is 0 Å². The molecular weight excluding hydrogens is 157 g/mol. The Bertz CT molecular complexity index is 298. The van der Waals surface area contributed by atoms with Crippen molar-refractivity contribution in [2.75, 3.05) is 0 Å². The number of primary amides is 1. The predicted molar refractivity (Wildman–Crippen MR) is 43.8 cm³/mol. The maximum atomic E-state index is 12.8. The van der Waals surface area contributed by atoms with E-state index in [9.17, 15) is 9.18 Å². The highest BCUT2D eigenvalue weighted by molar-refractivity contribution is 5.79. The monoisotopic (exact) mass is 167 g/mol. The van der Waals surface area contributed by atoms with Crippen LogP contribution in [0, 0.1) is 5.92 Å². The van der Waals surface area contributed by atoms with E-state index in [4.69, 9.17) is 5.73 Å². The number of carbonyl (C=O) groups is 1. The summed E-state index contributed by atoms with van der Waals surface area (Å²) in [5, 5.41) is 0. The normalized spacial score (nSPS) is 22.7. The molecule has 12 heavy (non-hydrogen) atoms. The molecule has 3 heteroatoms. The molecule has 0 aromatic carbocycles. The molecule has 0 aromatic rings. The van der Waals surface area contributed by atoms with E-state index in [1.54, 1.807) is 6.92 Å². The molecule has 1 aliphatic rings. The second kappa shape index (κ2) is 3.37. The topological polar surface area (TPSA) is 43.1 Å². The van der Waals surface area contributed by atoms with Crippen LogP contribution in [-0.4, -0.2) is 5.91 Å². The zero-order chi connectivity index (χ0) is 9.14. The van der Waals surface area contributed by atoms with Crippen LogP contribution in [0.15, 0.2) is 29.3 Å². The maximum Gasteiger partial charge on any atom is 0.224 e. The highest BCUT2D eigenvalue weighted by atomic mass is 19.1. The summed E-state index contributed by atoms with van der Waals surface area (Å²) in [5.41, 5.74) is 7.93. The van der Waals surface area contributed by atoms with E-state index in [1.807, 2.05) is 0 Å². The lowest BCUT2D eigenvalue weighted by Gasteiger charge is -2.03. The summed E-state index contributed by atoms with van der Waals surface area (Å²) in [4.78, 5) is 10.8. The Morgan fingerprint density at radius 1 is 1.83 bits per heavy atom. The van der Waals surface area contributed by atoms with Gasteiger partial charge in [0.2, 0.25) is 5.91 Å². The van der Waals surface area contributed by atoms with Gasteiger partial charge in [0.05, 0.1) is 5.92 Å². The fourth-order valence-electron chi connectivity index (χ4n) is 1.03. The fourth-order valence-corrected chi connectivity index (χ4v) is 1.03. The number of rotatable bonds is 1. The Hall–Kier alpha value is -1.34. The minimum absolute atomic E-state index is 0.397. The van der Waals surface area contributed by atoms with Crippen molar-refractivity contribution in [1.29, 1.82) is 0 Å². The summed E-state index contributed by atoms with van der Waals surface area (Å²) >= 11 is 0. The van der Waals surface area contributed by atoms with Crippen molar-refractivity contribution in [1.82, 2.24) is 0 Å². The summed E-state index contributed by atoms with van der Waals surface area (Å²) < 4.78 is 12.8. The molecule has 0 spiro atoms. The molecule has 1 amide bonds. The molecule has 1 aliphatic carbocycles. The van der Waals surface area contributed by atoms with Crippen LogP contribution in [0.3, 0.4) is 0 Å². The summed E-state index contributed by atoms with van der Waals surface area (Å²) in [5.74, 6) is -1.24. The molecular formula is C9H10FNO. The molecule has 0 aromatic heterocycles. The Morgan fingerprint density at radius 2 is 2.50 bits per heavy atom. The summed E-state index contributed by atoms with van der Waals surface area (Å²) in [6, 6.07) is 0. The third-order valence-corrected chi connectivity index (χ3v) is 1.76. The summed E-state index contributed by atoms with van der Waals surface area (Å²) in [6.07, 6.45) is 3.46. The molecule has 0 fully saturated rings. The number of nitrogens with two attached hydrogens (primary N) is 1. The SMILES string of the molecule is CC1=CC(C(N)=O)CC=C=C1F. The molecule has 2 nitrogen and oxygen atoms in total. The molecule has 0 saturated heterocycles. The molecule has 0 heterocycles. The minimum atomic E-state index is -0.429. The Morgan fingerprint density at radius 3 is 3.08 bits per heavy atom. The third kappa shape index (κ3) is 1.83. The molecule has 0 saturated carbocycles. The quantitative estimate of drug-likeness (QED) is 0.590. The van der Waals surface area contributed by atoms with E-state index in [-0.39, 0.29) is 0 Å². The standard InChI is InChI=1S/C9H10FNO/c1-6-5-7(9(11)12)3-2-4-8(6)10/h2,5,7H,3H2,1H3,(H2,11,12). The number of allylic oxidation sites excluding steroid dienone is 2. The molecule has 64 valence electrons. The van der Waals surface area contributed by atoms with E-state index < -0.39 is 17.7 Å². The van der Waals surface area contributed by atoms with Crippen molar-refractivity contribution in [3.05, 3.63) is 29.3 Å². The minimum Gasteiger partial charge on any atom is -0.369 e. The van der Waals surface area contributed by atoms with Gasteiger partial charge in [0.15, 0.2) is 5.83 Å². The van der Waals surface area contributed by atoms with Crippen LogP contribution in [0.4, 0.5) is 4.39 Å². The van der Waals surface area contributed by atoms with Crippen LogP contribution in [0.2, 0.25) is 0 Å². The number of hydrogen-bond donors (Lipinski definition) is 1. The third-order valence-electron chi connectivity index (χ3n) is 1.76. The molecule has 1 atom stereocenters. The Balaban J connectivity index is 2.95. The average molecular weight is 167 g/mol. The molecule has 0 aliphatic heterocycles. The number of hydrogen-bond acceptors (Lipinski definition) is 1. The van der Waals surface area contributed by atoms with Gasteiger partial charge in [0.25, 0.3) is 0 Å². The van der Waals surface area contributed by atoms with Crippen LogP contribution in [0.1, 0.15) is 13.3 Å². The fraction of sp³-hybridized carbons (Fsp3) is 0.333. The van der Waals surface area contributed by atoms with E-state index in [0.717, 1.165) is 0 Å². The first-order valence-corrected chi connectivity index (χ1v) is 3.70.